The number of alkyl halides is 3. The van der Waals surface area contributed by atoms with Gasteiger partial charge in [0, 0.05) is 0 Å². The van der Waals surface area contributed by atoms with Crippen molar-refractivity contribution < 1.29 is 18.3 Å². The first-order chi connectivity index (χ1) is 8.59. The quantitative estimate of drug-likeness (QED) is 0.885. The van der Waals surface area contributed by atoms with Crippen molar-refractivity contribution in [3.8, 4) is 0 Å². The van der Waals surface area contributed by atoms with Crippen molar-refractivity contribution in [2.24, 2.45) is 0 Å². The van der Waals surface area contributed by atoms with Crippen molar-refractivity contribution in [2.75, 3.05) is 13.2 Å². The van der Waals surface area contributed by atoms with Crippen LogP contribution in [0.2, 0.25) is 0 Å². The maximum absolute atomic E-state index is 12.4. The standard InChI is InChI=1S/C14H20F3NO/c1-9-5-10(2)12(11(3)6-9)13(4,8-19)18-7-14(15,16)17/h5-6,18-19H,7-8H2,1-4H3. The fourth-order valence-corrected chi connectivity index (χ4v) is 2.57. The number of aliphatic hydroxyl groups is 1. The van der Waals surface area contributed by atoms with Gasteiger partial charge in [0.2, 0.25) is 0 Å². The summed E-state index contributed by atoms with van der Waals surface area (Å²) in [5.74, 6) is 0. The molecule has 1 atom stereocenters. The van der Waals surface area contributed by atoms with Gasteiger partial charge in [-0.05, 0) is 44.4 Å². The van der Waals surface area contributed by atoms with E-state index in [1.165, 1.54) is 0 Å². The van der Waals surface area contributed by atoms with Crippen LogP contribution in [-0.2, 0) is 5.54 Å². The minimum atomic E-state index is -4.30. The lowest BCUT2D eigenvalue weighted by atomic mass is 9.84. The second-order valence-electron chi connectivity index (χ2n) is 5.23. The summed E-state index contributed by atoms with van der Waals surface area (Å²) in [7, 11) is 0. The molecule has 0 heterocycles. The van der Waals surface area contributed by atoms with Crippen molar-refractivity contribution >= 4 is 0 Å². The normalized spacial score (nSPS) is 15.4. The van der Waals surface area contributed by atoms with Gasteiger partial charge in [0.15, 0.2) is 0 Å². The van der Waals surface area contributed by atoms with E-state index in [1.807, 2.05) is 32.9 Å². The van der Waals surface area contributed by atoms with E-state index >= 15 is 0 Å². The maximum atomic E-state index is 12.4. The van der Waals surface area contributed by atoms with E-state index in [4.69, 9.17) is 0 Å². The molecule has 1 aromatic rings. The van der Waals surface area contributed by atoms with Gasteiger partial charge >= 0.3 is 6.18 Å². The number of nitrogens with one attached hydrogen (secondary N) is 1. The molecule has 108 valence electrons. The van der Waals surface area contributed by atoms with Crippen LogP contribution in [0.3, 0.4) is 0 Å². The molecule has 0 aromatic heterocycles. The topological polar surface area (TPSA) is 32.3 Å². The molecular weight excluding hydrogens is 255 g/mol. The molecule has 1 rings (SSSR count). The fraction of sp³-hybridized carbons (Fsp3) is 0.571. The fourth-order valence-electron chi connectivity index (χ4n) is 2.57. The molecule has 19 heavy (non-hydrogen) atoms. The molecule has 0 saturated carbocycles. The predicted molar refractivity (Wildman–Crippen MR) is 69.1 cm³/mol. The Balaban J connectivity index is 3.15. The Morgan fingerprint density at radius 1 is 1.11 bits per heavy atom. The summed E-state index contributed by atoms with van der Waals surface area (Å²) in [6.45, 7) is 5.69. The summed E-state index contributed by atoms with van der Waals surface area (Å²) in [6.07, 6.45) is -4.30. The SMILES string of the molecule is Cc1cc(C)c(C(C)(CO)NCC(F)(F)F)c(C)c1. The maximum Gasteiger partial charge on any atom is 0.401 e. The van der Waals surface area contributed by atoms with Crippen LogP contribution in [0.4, 0.5) is 13.2 Å². The van der Waals surface area contributed by atoms with Gasteiger partial charge in [-0.1, -0.05) is 17.7 Å². The molecule has 5 heteroatoms. The van der Waals surface area contributed by atoms with Crippen molar-refractivity contribution in [1.82, 2.24) is 5.32 Å². The minimum Gasteiger partial charge on any atom is -0.394 e. The van der Waals surface area contributed by atoms with E-state index in [1.54, 1.807) is 6.92 Å². The summed E-state index contributed by atoms with van der Waals surface area (Å²) in [4.78, 5) is 0. The van der Waals surface area contributed by atoms with E-state index in [-0.39, 0.29) is 0 Å². The highest BCUT2D eigenvalue weighted by molar-refractivity contribution is 5.42. The highest BCUT2D eigenvalue weighted by Crippen LogP contribution is 2.29. The Kier molecular flexibility index (Phi) is 4.63. The number of rotatable bonds is 4. The highest BCUT2D eigenvalue weighted by Gasteiger charge is 2.35. The van der Waals surface area contributed by atoms with Gasteiger partial charge in [0.1, 0.15) is 0 Å². The molecule has 1 aromatic carbocycles. The molecule has 0 aliphatic carbocycles. The molecule has 0 radical (unpaired) electrons. The molecule has 1 unspecified atom stereocenters. The van der Waals surface area contributed by atoms with Crippen LogP contribution in [0.5, 0.6) is 0 Å². The number of aliphatic hydroxyl groups excluding tert-OH is 1. The van der Waals surface area contributed by atoms with E-state index in [0.717, 1.165) is 22.3 Å². The lowest BCUT2D eigenvalue weighted by molar-refractivity contribution is -0.129. The van der Waals surface area contributed by atoms with Gasteiger partial charge in [0.25, 0.3) is 0 Å². The molecule has 0 spiro atoms. The Morgan fingerprint density at radius 3 is 1.95 bits per heavy atom. The van der Waals surface area contributed by atoms with Gasteiger partial charge in [-0.15, -0.1) is 0 Å². The Hall–Kier alpha value is -1.07. The summed E-state index contributed by atoms with van der Waals surface area (Å²) in [5.41, 5.74) is 2.43. The van der Waals surface area contributed by atoms with Crippen LogP contribution < -0.4 is 5.32 Å². The predicted octanol–water partition coefficient (Wildman–Crippen LogP) is 2.97. The molecule has 2 N–H and O–H groups in total. The second kappa shape index (κ2) is 5.51. The first kappa shape index (κ1) is 16.0. The lowest BCUT2D eigenvalue weighted by Gasteiger charge is -2.33. The number of halogens is 3. The summed E-state index contributed by atoms with van der Waals surface area (Å²) >= 11 is 0. The van der Waals surface area contributed by atoms with Gasteiger partial charge in [-0.25, -0.2) is 0 Å². The van der Waals surface area contributed by atoms with E-state index in [9.17, 15) is 18.3 Å². The first-order valence-corrected chi connectivity index (χ1v) is 6.10. The highest BCUT2D eigenvalue weighted by atomic mass is 19.4. The lowest BCUT2D eigenvalue weighted by Crippen LogP contribution is -2.47. The van der Waals surface area contributed by atoms with Crippen LogP contribution in [0.15, 0.2) is 12.1 Å². The molecule has 0 amide bonds. The molecule has 0 aliphatic rings. The second-order valence-corrected chi connectivity index (χ2v) is 5.23. The molecule has 0 bridgehead atoms. The first-order valence-electron chi connectivity index (χ1n) is 6.10. The summed E-state index contributed by atoms with van der Waals surface area (Å²) in [6, 6.07) is 3.82. The zero-order valence-electron chi connectivity index (χ0n) is 11.7. The van der Waals surface area contributed by atoms with E-state index in [2.05, 4.69) is 5.32 Å². The average molecular weight is 275 g/mol. The molecule has 0 aliphatic heterocycles. The molecule has 0 saturated heterocycles. The number of hydrogen-bond acceptors (Lipinski definition) is 2. The third-order valence-corrected chi connectivity index (χ3v) is 3.22. The van der Waals surface area contributed by atoms with Crippen LogP contribution in [0, 0.1) is 20.8 Å². The molecular formula is C14H20F3NO. The minimum absolute atomic E-state index is 0.395. The summed E-state index contributed by atoms with van der Waals surface area (Å²) < 4.78 is 37.1. The number of benzene rings is 1. The third-order valence-electron chi connectivity index (χ3n) is 3.22. The Bertz CT molecular complexity index is 433. The van der Waals surface area contributed by atoms with E-state index < -0.39 is 24.9 Å². The largest absolute Gasteiger partial charge is 0.401 e. The van der Waals surface area contributed by atoms with Gasteiger partial charge in [-0.3, -0.25) is 5.32 Å². The van der Waals surface area contributed by atoms with Crippen molar-refractivity contribution in [3.05, 3.63) is 34.4 Å². The third kappa shape index (κ3) is 3.94. The van der Waals surface area contributed by atoms with Crippen molar-refractivity contribution in [1.29, 1.82) is 0 Å². The van der Waals surface area contributed by atoms with Crippen LogP contribution in [0.1, 0.15) is 29.2 Å². The van der Waals surface area contributed by atoms with Crippen LogP contribution in [0.25, 0.3) is 0 Å². The van der Waals surface area contributed by atoms with Gasteiger partial charge in [-0.2, -0.15) is 13.2 Å². The van der Waals surface area contributed by atoms with Crippen LogP contribution in [-0.4, -0.2) is 24.4 Å². The monoisotopic (exact) mass is 275 g/mol. The number of aryl methyl sites for hydroxylation is 3. The number of hydrogen-bond donors (Lipinski definition) is 2. The average Bonchev–Trinajstić information content (AvgIpc) is 2.24. The molecule has 0 fully saturated rings. The zero-order chi connectivity index (χ0) is 14.8. The Labute approximate surface area is 111 Å². The van der Waals surface area contributed by atoms with Gasteiger partial charge in [0.05, 0.1) is 18.7 Å². The van der Waals surface area contributed by atoms with E-state index in [0.29, 0.717) is 0 Å². The van der Waals surface area contributed by atoms with Crippen molar-refractivity contribution in [3.63, 3.8) is 0 Å². The summed E-state index contributed by atoms with van der Waals surface area (Å²) in [5, 5.41) is 12.0. The smallest absolute Gasteiger partial charge is 0.394 e. The zero-order valence-corrected chi connectivity index (χ0v) is 11.7. The molecule has 2 nitrogen and oxygen atoms in total. The van der Waals surface area contributed by atoms with Crippen LogP contribution >= 0.6 is 0 Å². The van der Waals surface area contributed by atoms with Gasteiger partial charge < -0.3 is 5.11 Å². The Morgan fingerprint density at radius 2 is 1.58 bits per heavy atom. The van der Waals surface area contributed by atoms with Crippen molar-refractivity contribution in [2.45, 2.75) is 39.4 Å².